The molecule has 4 aliphatic heterocycles. The Hall–Kier alpha value is -4.43. The van der Waals surface area contributed by atoms with Crippen LogP contribution in [-0.2, 0) is 40.0 Å². The summed E-state index contributed by atoms with van der Waals surface area (Å²) in [6.07, 6.45) is 1.72. The Labute approximate surface area is 288 Å². The van der Waals surface area contributed by atoms with Gasteiger partial charge in [-0.25, -0.2) is 9.59 Å². The number of nitrogens with zero attached hydrogens (tertiary/aromatic N) is 2. The Bertz CT molecular complexity index is 1650. The number of hydrogen-bond donors (Lipinski definition) is 3. The molecular weight excluding hydrogens is 652 g/mol. The molecule has 4 saturated heterocycles. The predicted molar refractivity (Wildman–Crippen MR) is 177 cm³/mol. The molecule has 0 aromatic heterocycles. The number of carbonyl (C=O) groups is 6. The number of β-lactam (4-membered cyclic amide) rings is 1. The van der Waals surface area contributed by atoms with E-state index in [-0.39, 0.29) is 18.6 Å². The third kappa shape index (κ3) is 6.39. The van der Waals surface area contributed by atoms with E-state index in [2.05, 4.69) is 15.5 Å². The van der Waals surface area contributed by atoms with Crippen LogP contribution < -0.4 is 10.6 Å². The van der Waals surface area contributed by atoms with Crippen LogP contribution in [0.15, 0.2) is 54.6 Å². The second kappa shape index (κ2) is 13.5. The summed E-state index contributed by atoms with van der Waals surface area (Å²) in [5.74, 6) is -5.67. The minimum atomic E-state index is -1.28. The summed E-state index contributed by atoms with van der Waals surface area (Å²) in [7, 11) is 3.32. The van der Waals surface area contributed by atoms with Crippen molar-refractivity contribution in [1.82, 2.24) is 20.4 Å². The van der Waals surface area contributed by atoms with E-state index in [1.807, 2.05) is 7.05 Å². The molecule has 260 valence electrons. The molecule has 4 heterocycles. The van der Waals surface area contributed by atoms with E-state index >= 15 is 0 Å². The van der Waals surface area contributed by atoms with Crippen LogP contribution in [0.4, 0.5) is 0 Å². The largest absolute Gasteiger partial charge is 0.480 e. The summed E-state index contributed by atoms with van der Waals surface area (Å²) in [6, 6.07) is 13.2. The first-order chi connectivity index (χ1) is 23.3. The van der Waals surface area contributed by atoms with Crippen LogP contribution in [0, 0.1) is 5.92 Å². The molecule has 8 unspecified atom stereocenters. The van der Waals surface area contributed by atoms with Gasteiger partial charge in [0, 0.05) is 29.8 Å². The van der Waals surface area contributed by atoms with Gasteiger partial charge in [-0.2, -0.15) is 0 Å². The fraction of sp³-hybridized carbons (Fsp3) is 0.486. The Morgan fingerprint density at radius 1 is 1.02 bits per heavy atom. The molecule has 2 aromatic carbocycles. The van der Waals surface area contributed by atoms with E-state index in [0.717, 1.165) is 12.8 Å². The van der Waals surface area contributed by atoms with Gasteiger partial charge in [-0.05, 0) is 57.0 Å². The zero-order chi connectivity index (χ0) is 35.2. The van der Waals surface area contributed by atoms with Gasteiger partial charge in [-0.3, -0.25) is 24.1 Å². The van der Waals surface area contributed by atoms with Crippen molar-refractivity contribution >= 4 is 47.4 Å². The number of benzene rings is 2. The molecule has 2 aromatic rings. The van der Waals surface area contributed by atoms with Crippen LogP contribution in [0.2, 0.25) is 0 Å². The van der Waals surface area contributed by atoms with Crippen LogP contribution >= 0.6 is 11.8 Å². The molecule has 6 rings (SSSR count). The highest BCUT2D eigenvalue weighted by molar-refractivity contribution is 8.01. The van der Waals surface area contributed by atoms with Crippen molar-refractivity contribution in [3.63, 3.8) is 0 Å². The lowest BCUT2D eigenvalue weighted by Gasteiger charge is -2.43. The molecule has 3 N–H and O–H groups in total. The van der Waals surface area contributed by atoms with Crippen molar-refractivity contribution in [2.45, 2.75) is 86.0 Å². The summed E-state index contributed by atoms with van der Waals surface area (Å²) >= 11 is 1.30. The summed E-state index contributed by atoms with van der Waals surface area (Å²) in [4.78, 5) is 81.2. The zero-order valence-electron chi connectivity index (χ0n) is 27.7. The smallest absolute Gasteiger partial charge is 0.338 e. The highest BCUT2D eigenvalue weighted by atomic mass is 32.2. The highest BCUT2D eigenvalue weighted by Gasteiger charge is 2.64. The number of nitrogens with one attached hydrogen (secondary N) is 2. The van der Waals surface area contributed by atoms with Crippen molar-refractivity contribution in [3.05, 3.63) is 71.3 Å². The Morgan fingerprint density at radius 2 is 1.71 bits per heavy atom. The number of carboxylic acids is 1. The third-order valence-electron chi connectivity index (χ3n) is 10.2. The summed E-state index contributed by atoms with van der Waals surface area (Å²) < 4.78 is 10.1. The Morgan fingerprint density at radius 3 is 2.37 bits per heavy atom. The fourth-order valence-electron chi connectivity index (χ4n) is 7.69. The standard InChI is InChI=1S/C35H40N4O9S/c1-35(2)27(32(43)44)39-30(42)26(31(39)49-35)37-29(41)24(19-8-6-5-7-9-19)28(40)36-17-18-10-12-20(13-11-18)33(45)48-23-16-21-14-15-22(38(21)3)25(23)34(46)47-4/h5-13,21-27,31H,14-17H2,1-4H3,(H,36,40)(H,37,41)(H,43,44). The lowest BCUT2D eigenvalue weighted by Crippen LogP contribution is -2.71. The van der Waals surface area contributed by atoms with E-state index in [1.54, 1.807) is 68.4 Å². The van der Waals surface area contributed by atoms with Crippen LogP contribution in [-0.4, -0.2) is 105 Å². The van der Waals surface area contributed by atoms with Gasteiger partial charge in [0.1, 0.15) is 35.4 Å². The normalized spacial score (nSPS) is 28.9. The van der Waals surface area contributed by atoms with E-state index < -0.39 is 75.8 Å². The Balaban J connectivity index is 1.09. The number of rotatable bonds is 10. The molecule has 49 heavy (non-hydrogen) atoms. The number of methoxy groups -OCH3 is 1. The molecule has 3 amide bonds. The SMILES string of the molecule is COC(=O)C1C(OC(=O)c2ccc(CNC(=O)C(C(=O)NC3C(=O)N4C3SC(C)(C)C4C(=O)O)c3ccccc3)cc2)CC2CCC1N2C. The number of aliphatic carboxylic acids is 1. The van der Waals surface area contributed by atoms with Crippen molar-refractivity contribution < 1.29 is 43.3 Å². The van der Waals surface area contributed by atoms with E-state index in [4.69, 9.17) is 9.47 Å². The molecule has 4 aliphatic rings. The molecule has 2 bridgehead atoms. The molecule has 0 spiro atoms. The first-order valence-corrected chi connectivity index (χ1v) is 17.2. The average Bonchev–Trinajstić information content (AvgIpc) is 3.47. The topological polar surface area (TPSA) is 172 Å². The van der Waals surface area contributed by atoms with Crippen molar-refractivity contribution in [2.75, 3.05) is 14.2 Å². The molecule has 0 aliphatic carbocycles. The average molecular weight is 693 g/mol. The molecular formula is C35H40N4O9S. The first kappa shape index (κ1) is 34.4. The molecule has 8 atom stereocenters. The second-order valence-corrected chi connectivity index (χ2v) is 15.3. The van der Waals surface area contributed by atoms with Gasteiger partial charge in [-0.1, -0.05) is 42.5 Å². The van der Waals surface area contributed by atoms with Crippen LogP contribution in [0.25, 0.3) is 0 Å². The number of carbonyl (C=O) groups excluding carboxylic acids is 5. The zero-order valence-corrected chi connectivity index (χ0v) is 28.5. The maximum absolute atomic E-state index is 13.6. The van der Waals surface area contributed by atoms with Gasteiger partial charge in [-0.15, -0.1) is 11.8 Å². The highest BCUT2D eigenvalue weighted by Crippen LogP contribution is 2.51. The number of esters is 2. The number of ether oxygens (including phenoxy) is 2. The first-order valence-electron chi connectivity index (χ1n) is 16.3. The number of thioether (sulfide) groups is 1. The second-order valence-electron chi connectivity index (χ2n) is 13.5. The molecule has 0 radical (unpaired) electrons. The summed E-state index contributed by atoms with van der Waals surface area (Å²) in [5.41, 5.74) is 1.38. The van der Waals surface area contributed by atoms with E-state index in [9.17, 15) is 33.9 Å². The number of carboxylic acid groups (broad SMARTS) is 1. The van der Waals surface area contributed by atoms with Crippen molar-refractivity contribution in [2.24, 2.45) is 5.92 Å². The van der Waals surface area contributed by atoms with Crippen LogP contribution in [0.5, 0.6) is 0 Å². The Kier molecular flexibility index (Phi) is 9.46. The van der Waals surface area contributed by atoms with Gasteiger partial charge in [0.25, 0.3) is 0 Å². The fourth-order valence-corrected chi connectivity index (χ4v) is 9.32. The molecule has 13 nitrogen and oxygen atoms in total. The lowest BCUT2D eigenvalue weighted by atomic mass is 9.87. The number of fused-ring (bicyclic) bond motifs is 3. The maximum atomic E-state index is 13.6. The summed E-state index contributed by atoms with van der Waals surface area (Å²) in [6.45, 7) is 3.54. The molecule has 0 saturated carbocycles. The lowest BCUT2D eigenvalue weighted by molar-refractivity contribution is -0.161. The molecule has 4 fully saturated rings. The van der Waals surface area contributed by atoms with Crippen LogP contribution in [0.1, 0.15) is 60.5 Å². The number of piperidine rings is 1. The number of amides is 3. The number of hydrogen-bond acceptors (Lipinski definition) is 10. The van der Waals surface area contributed by atoms with Crippen molar-refractivity contribution in [1.29, 1.82) is 0 Å². The maximum Gasteiger partial charge on any atom is 0.338 e. The predicted octanol–water partition coefficient (Wildman–Crippen LogP) is 1.90. The van der Waals surface area contributed by atoms with Gasteiger partial charge in [0.15, 0.2) is 0 Å². The van der Waals surface area contributed by atoms with E-state index in [0.29, 0.717) is 23.1 Å². The minimum absolute atomic E-state index is 0.0429. The van der Waals surface area contributed by atoms with Gasteiger partial charge in [0.2, 0.25) is 17.7 Å². The van der Waals surface area contributed by atoms with Crippen LogP contribution in [0.3, 0.4) is 0 Å². The van der Waals surface area contributed by atoms with Gasteiger partial charge < -0.3 is 30.1 Å². The van der Waals surface area contributed by atoms with Crippen molar-refractivity contribution in [3.8, 4) is 0 Å². The van der Waals surface area contributed by atoms with E-state index in [1.165, 1.54) is 23.8 Å². The molecule has 14 heteroatoms. The van der Waals surface area contributed by atoms with Gasteiger partial charge >= 0.3 is 17.9 Å². The quantitative estimate of drug-likeness (QED) is 0.189. The minimum Gasteiger partial charge on any atom is -0.480 e. The van der Waals surface area contributed by atoms with Gasteiger partial charge in [0.05, 0.1) is 12.7 Å². The summed E-state index contributed by atoms with van der Waals surface area (Å²) in [5, 5.41) is 14.6. The third-order valence-corrected chi connectivity index (χ3v) is 11.8. The monoisotopic (exact) mass is 692 g/mol.